The molecule has 5 nitrogen and oxygen atoms in total. The van der Waals surface area contributed by atoms with E-state index in [4.69, 9.17) is 0 Å². The lowest BCUT2D eigenvalue weighted by atomic mass is 10.2. The molecule has 0 aliphatic rings. The van der Waals surface area contributed by atoms with Gasteiger partial charge in [0.1, 0.15) is 5.69 Å². The van der Waals surface area contributed by atoms with Crippen LogP contribution in [0, 0.1) is 0 Å². The van der Waals surface area contributed by atoms with Gasteiger partial charge in [0.2, 0.25) is 0 Å². The summed E-state index contributed by atoms with van der Waals surface area (Å²) in [6.45, 7) is 4.15. The van der Waals surface area contributed by atoms with Crippen molar-refractivity contribution < 1.29 is 4.79 Å². The van der Waals surface area contributed by atoms with Crippen LogP contribution in [0.4, 0.5) is 5.69 Å². The molecule has 0 bridgehead atoms. The van der Waals surface area contributed by atoms with Crippen molar-refractivity contribution in [1.29, 1.82) is 0 Å². The van der Waals surface area contributed by atoms with E-state index in [0.717, 1.165) is 11.3 Å². The number of carbonyl (C=O) groups is 1. The molecule has 0 aliphatic carbocycles. The van der Waals surface area contributed by atoms with Crippen molar-refractivity contribution in [2.75, 3.05) is 4.90 Å². The first-order valence-electron chi connectivity index (χ1n) is 8.57. The van der Waals surface area contributed by atoms with E-state index in [0.29, 0.717) is 6.54 Å². The lowest BCUT2D eigenvalue weighted by Gasteiger charge is -2.23. The molecule has 2 aromatic carbocycles. The molecule has 1 aromatic heterocycles. The van der Waals surface area contributed by atoms with Gasteiger partial charge in [-0.3, -0.25) is 9.59 Å². The molecule has 132 valence electrons. The molecule has 0 atom stereocenters. The molecule has 0 N–H and O–H groups in total. The molecule has 3 aromatic rings. The lowest BCUT2D eigenvalue weighted by molar-refractivity contribution is 0.0977. The van der Waals surface area contributed by atoms with E-state index in [1.807, 2.05) is 74.5 Å². The largest absolute Gasteiger partial charge is 0.303 e. The highest BCUT2D eigenvalue weighted by atomic mass is 16.2. The van der Waals surface area contributed by atoms with E-state index >= 15 is 0 Å². The number of para-hydroxylation sites is 1. The Kier molecular flexibility index (Phi) is 5.27. The third-order valence-electron chi connectivity index (χ3n) is 4.03. The van der Waals surface area contributed by atoms with Crippen LogP contribution in [-0.2, 0) is 6.54 Å². The van der Waals surface area contributed by atoms with Gasteiger partial charge in [-0.1, -0.05) is 48.5 Å². The zero-order valence-corrected chi connectivity index (χ0v) is 14.9. The fraction of sp³-hybridized carbons (Fsp3) is 0.190. The molecule has 0 fully saturated rings. The molecule has 3 rings (SSSR count). The predicted octanol–water partition coefficient (Wildman–Crippen LogP) is 3.67. The standard InChI is InChI=1S/C21H21N3O2/c1-16(2)24-20(25)14-13-19(22-24)21(26)23(18-11-7-4-8-12-18)15-17-9-5-3-6-10-17/h3-14,16H,15H2,1-2H3. The first-order valence-corrected chi connectivity index (χ1v) is 8.57. The first-order chi connectivity index (χ1) is 12.6. The van der Waals surface area contributed by atoms with Crippen LogP contribution in [0.25, 0.3) is 0 Å². The summed E-state index contributed by atoms with van der Waals surface area (Å²) >= 11 is 0. The van der Waals surface area contributed by atoms with E-state index in [1.54, 1.807) is 4.90 Å². The lowest BCUT2D eigenvalue weighted by Crippen LogP contribution is -2.34. The minimum absolute atomic E-state index is 0.116. The minimum atomic E-state index is -0.241. The molecule has 0 aliphatic heterocycles. The van der Waals surface area contributed by atoms with Crippen LogP contribution in [0.5, 0.6) is 0 Å². The highest BCUT2D eigenvalue weighted by Crippen LogP contribution is 2.19. The van der Waals surface area contributed by atoms with Crippen LogP contribution >= 0.6 is 0 Å². The summed E-state index contributed by atoms with van der Waals surface area (Å²) in [5, 5.41) is 4.27. The summed E-state index contributed by atoms with van der Waals surface area (Å²) in [5.41, 5.74) is 1.83. The maximum atomic E-state index is 13.2. The zero-order chi connectivity index (χ0) is 18.5. The van der Waals surface area contributed by atoms with E-state index in [-0.39, 0.29) is 23.2 Å². The molecule has 0 unspecified atom stereocenters. The Hall–Kier alpha value is -3.21. The van der Waals surface area contributed by atoms with Crippen LogP contribution in [-0.4, -0.2) is 15.7 Å². The monoisotopic (exact) mass is 347 g/mol. The molecule has 5 heteroatoms. The SMILES string of the molecule is CC(C)n1nc(C(=O)N(Cc2ccccc2)c2ccccc2)ccc1=O. The minimum Gasteiger partial charge on any atom is -0.303 e. The van der Waals surface area contributed by atoms with Gasteiger partial charge in [-0.15, -0.1) is 0 Å². The average molecular weight is 347 g/mol. The van der Waals surface area contributed by atoms with Crippen LogP contribution < -0.4 is 10.5 Å². The maximum absolute atomic E-state index is 13.2. The first kappa shape index (κ1) is 17.6. The van der Waals surface area contributed by atoms with Gasteiger partial charge < -0.3 is 4.90 Å². The Balaban J connectivity index is 2.00. The van der Waals surface area contributed by atoms with Crippen LogP contribution in [0.2, 0.25) is 0 Å². The van der Waals surface area contributed by atoms with Crippen molar-refractivity contribution >= 4 is 11.6 Å². The van der Waals surface area contributed by atoms with E-state index in [2.05, 4.69) is 5.10 Å². The Morgan fingerprint density at radius 2 is 1.58 bits per heavy atom. The van der Waals surface area contributed by atoms with E-state index in [1.165, 1.54) is 16.8 Å². The highest BCUT2D eigenvalue weighted by Gasteiger charge is 2.20. The Morgan fingerprint density at radius 1 is 0.962 bits per heavy atom. The fourth-order valence-corrected chi connectivity index (χ4v) is 2.70. The van der Waals surface area contributed by atoms with Crippen LogP contribution in [0.1, 0.15) is 35.9 Å². The quantitative estimate of drug-likeness (QED) is 0.707. The predicted molar refractivity (Wildman–Crippen MR) is 102 cm³/mol. The second-order valence-electron chi connectivity index (χ2n) is 6.31. The summed E-state index contributed by atoms with van der Waals surface area (Å²) in [6.07, 6.45) is 0. The fourth-order valence-electron chi connectivity index (χ4n) is 2.70. The van der Waals surface area contributed by atoms with Crippen molar-refractivity contribution in [3.05, 3.63) is 94.4 Å². The number of benzene rings is 2. The third kappa shape index (κ3) is 3.88. The van der Waals surface area contributed by atoms with Crippen molar-refractivity contribution in [1.82, 2.24) is 9.78 Å². The molecule has 1 amide bonds. The summed E-state index contributed by atoms with van der Waals surface area (Å²) in [5.74, 6) is -0.241. The number of amides is 1. The normalized spacial score (nSPS) is 10.7. The van der Waals surface area contributed by atoms with Crippen LogP contribution in [0.3, 0.4) is 0 Å². The Labute approximate surface area is 152 Å². The van der Waals surface area contributed by atoms with Crippen molar-refractivity contribution in [2.24, 2.45) is 0 Å². The molecular formula is C21H21N3O2. The van der Waals surface area contributed by atoms with Crippen molar-refractivity contribution in [3.8, 4) is 0 Å². The summed E-state index contributed by atoms with van der Waals surface area (Å²) in [6, 6.07) is 22.0. The van der Waals surface area contributed by atoms with Gasteiger partial charge in [0.25, 0.3) is 11.5 Å². The summed E-state index contributed by atoms with van der Waals surface area (Å²) in [7, 11) is 0. The number of nitrogens with zero attached hydrogens (tertiary/aromatic N) is 3. The smallest absolute Gasteiger partial charge is 0.279 e. The Morgan fingerprint density at radius 3 is 2.19 bits per heavy atom. The number of hydrogen-bond donors (Lipinski definition) is 0. The maximum Gasteiger partial charge on any atom is 0.279 e. The van der Waals surface area contributed by atoms with Gasteiger partial charge in [0.05, 0.1) is 12.6 Å². The van der Waals surface area contributed by atoms with Crippen molar-refractivity contribution in [3.63, 3.8) is 0 Å². The third-order valence-corrected chi connectivity index (χ3v) is 4.03. The number of aromatic nitrogens is 2. The van der Waals surface area contributed by atoms with Gasteiger partial charge in [0.15, 0.2) is 0 Å². The molecule has 0 saturated carbocycles. The summed E-state index contributed by atoms with van der Waals surface area (Å²) in [4.78, 5) is 26.8. The topological polar surface area (TPSA) is 55.2 Å². The number of hydrogen-bond acceptors (Lipinski definition) is 3. The molecule has 0 radical (unpaired) electrons. The highest BCUT2D eigenvalue weighted by molar-refractivity contribution is 6.04. The number of rotatable bonds is 5. The van der Waals surface area contributed by atoms with Crippen LogP contribution in [0.15, 0.2) is 77.6 Å². The Bertz CT molecular complexity index is 934. The van der Waals surface area contributed by atoms with E-state index < -0.39 is 0 Å². The average Bonchev–Trinajstić information content (AvgIpc) is 2.67. The van der Waals surface area contributed by atoms with E-state index in [9.17, 15) is 9.59 Å². The van der Waals surface area contributed by atoms with Gasteiger partial charge in [-0.05, 0) is 37.6 Å². The molecular weight excluding hydrogens is 326 g/mol. The van der Waals surface area contributed by atoms with Gasteiger partial charge >= 0.3 is 0 Å². The summed E-state index contributed by atoms with van der Waals surface area (Å²) < 4.78 is 1.33. The number of carbonyl (C=O) groups excluding carboxylic acids is 1. The molecule has 0 saturated heterocycles. The second-order valence-corrected chi connectivity index (χ2v) is 6.31. The second kappa shape index (κ2) is 7.78. The zero-order valence-electron chi connectivity index (χ0n) is 14.9. The van der Waals surface area contributed by atoms with Gasteiger partial charge in [-0.2, -0.15) is 5.10 Å². The molecule has 0 spiro atoms. The van der Waals surface area contributed by atoms with Gasteiger partial charge in [-0.25, -0.2) is 4.68 Å². The number of anilines is 1. The molecule has 1 heterocycles. The van der Waals surface area contributed by atoms with Crippen molar-refractivity contribution in [2.45, 2.75) is 26.4 Å². The molecule has 26 heavy (non-hydrogen) atoms. The van der Waals surface area contributed by atoms with Gasteiger partial charge in [0, 0.05) is 11.8 Å².